The molecule has 0 aliphatic rings. The van der Waals surface area contributed by atoms with E-state index in [0.717, 1.165) is 12.1 Å². The number of carboxylic acids is 2. The van der Waals surface area contributed by atoms with Crippen LogP contribution in [0.3, 0.4) is 0 Å². The Morgan fingerprint density at radius 3 is 2.63 bits per heavy atom. The van der Waals surface area contributed by atoms with E-state index in [-0.39, 0.29) is 11.4 Å². The first kappa shape index (κ1) is 14.1. The Morgan fingerprint density at radius 1 is 1.42 bits per heavy atom. The zero-order valence-corrected chi connectivity index (χ0v) is 9.35. The molecular weight excluding hydrogens is 260 g/mol. The average molecular weight is 268 g/mol. The highest BCUT2D eigenvalue weighted by Crippen LogP contribution is 2.31. The topological polar surface area (TPSA) is 139 Å². The predicted molar refractivity (Wildman–Crippen MR) is 62.0 cm³/mol. The van der Waals surface area contributed by atoms with Gasteiger partial charge in [0, 0.05) is 0 Å². The van der Waals surface area contributed by atoms with Crippen molar-refractivity contribution in [2.24, 2.45) is 4.99 Å². The van der Waals surface area contributed by atoms with E-state index in [1.54, 1.807) is 0 Å². The monoisotopic (exact) mass is 268 g/mol. The van der Waals surface area contributed by atoms with Gasteiger partial charge in [0.05, 0.1) is 11.0 Å². The minimum absolute atomic E-state index is 0.0247. The number of ether oxygens (including phenoxy) is 1. The van der Waals surface area contributed by atoms with Gasteiger partial charge in [-0.2, -0.15) is 0 Å². The first-order chi connectivity index (χ1) is 8.90. The van der Waals surface area contributed by atoms with Crippen LogP contribution in [-0.4, -0.2) is 39.9 Å². The van der Waals surface area contributed by atoms with Gasteiger partial charge in [-0.05, 0) is 12.1 Å². The van der Waals surface area contributed by atoms with Crippen molar-refractivity contribution in [3.63, 3.8) is 0 Å². The number of nitrogens with zero attached hydrogens (tertiary/aromatic N) is 2. The largest absolute Gasteiger partial charge is 0.482 e. The fourth-order valence-corrected chi connectivity index (χ4v) is 1.12. The third kappa shape index (κ3) is 4.42. The van der Waals surface area contributed by atoms with Gasteiger partial charge < -0.3 is 14.9 Å². The van der Waals surface area contributed by atoms with E-state index in [0.29, 0.717) is 6.21 Å². The maximum absolute atomic E-state index is 10.8. The Labute approximate surface area is 105 Å². The number of nitro groups is 1. The summed E-state index contributed by atoms with van der Waals surface area (Å²) in [5.74, 6) is -2.60. The number of aliphatic imine (C=N–C) groups is 1. The van der Waals surface area contributed by atoms with Crippen molar-refractivity contribution in [3.05, 3.63) is 28.3 Å². The van der Waals surface area contributed by atoms with E-state index in [1.807, 2.05) is 0 Å². The normalized spacial score (nSPS) is 10.3. The second-order valence-electron chi connectivity index (χ2n) is 3.19. The molecule has 9 nitrogen and oxygen atoms in total. The van der Waals surface area contributed by atoms with Crippen LogP contribution in [0.2, 0.25) is 0 Å². The molecule has 0 amide bonds. The maximum Gasteiger partial charge on any atom is 0.346 e. The second-order valence-corrected chi connectivity index (χ2v) is 3.19. The van der Waals surface area contributed by atoms with Gasteiger partial charge in [0.15, 0.2) is 6.61 Å². The molecule has 100 valence electrons. The van der Waals surface area contributed by atoms with Gasteiger partial charge >= 0.3 is 11.9 Å². The number of nitro benzene ring substituents is 1. The van der Waals surface area contributed by atoms with Crippen LogP contribution in [0.5, 0.6) is 5.75 Å². The van der Waals surface area contributed by atoms with Crippen molar-refractivity contribution < 1.29 is 29.5 Å². The zero-order chi connectivity index (χ0) is 14.4. The van der Waals surface area contributed by atoms with E-state index in [2.05, 4.69) is 4.99 Å². The van der Waals surface area contributed by atoms with Crippen molar-refractivity contribution in [1.29, 1.82) is 0 Å². The van der Waals surface area contributed by atoms with Gasteiger partial charge in [0.25, 0.3) is 5.69 Å². The molecule has 0 saturated heterocycles. The lowest BCUT2D eigenvalue weighted by Gasteiger charge is -2.03. The summed E-state index contributed by atoms with van der Waals surface area (Å²) < 4.78 is 4.77. The average Bonchev–Trinajstić information content (AvgIpc) is 2.33. The summed E-state index contributed by atoms with van der Waals surface area (Å²) in [6.45, 7) is -0.644. The zero-order valence-electron chi connectivity index (χ0n) is 9.35. The first-order valence-corrected chi connectivity index (χ1v) is 4.80. The lowest BCUT2D eigenvalue weighted by atomic mass is 10.2. The van der Waals surface area contributed by atoms with E-state index in [4.69, 9.17) is 14.9 Å². The molecule has 0 radical (unpaired) electrons. The van der Waals surface area contributed by atoms with Crippen molar-refractivity contribution in [3.8, 4) is 5.75 Å². The summed E-state index contributed by atoms with van der Waals surface area (Å²) in [4.78, 5) is 34.0. The molecule has 1 aromatic carbocycles. The molecule has 0 bridgehead atoms. The molecule has 0 heterocycles. The fraction of sp³-hybridized carbons (Fsp3) is 0.100. The Morgan fingerprint density at radius 2 is 2.11 bits per heavy atom. The quantitative estimate of drug-likeness (QED) is 0.442. The molecule has 0 atom stereocenters. The number of carboxylic acid groups (broad SMARTS) is 2. The van der Waals surface area contributed by atoms with Crippen molar-refractivity contribution in [1.82, 2.24) is 0 Å². The molecule has 0 aromatic heterocycles. The second kappa shape index (κ2) is 6.10. The molecule has 0 fully saturated rings. The van der Waals surface area contributed by atoms with Crippen LogP contribution in [0.4, 0.5) is 11.4 Å². The van der Waals surface area contributed by atoms with Crippen LogP contribution in [0.1, 0.15) is 0 Å². The molecule has 1 rings (SSSR count). The summed E-state index contributed by atoms with van der Waals surface area (Å²) in [6.07, 6.45) is 0.514. The Balaban J connectivity index is 3.04. The van der Waals surface area contributed by atoms with Crippen molar-refractivity contribution in [2.75, 3.05) is 6.61 Å². The molecular formula is C10H8N2O7. The molecule has 0 spiro atoms. The summed E-state index contributed by atoms with van der Waals surface area (Å²) in [5.41, 5.74) is -0.657. The summed E-state index contributed by atoms with van der Waals surface area (Å²) in [6, 6.07) is 3.39. The van der Waals surface area contributed by atoms with Gasteiger partial charge in [0.2, 0.25) is 0 Å². The Bertz CT molecular complexity index is 553. The van der Waals surface area contributed by atoms with Gasteiger partial charge in [-0.1, -0.05) is 0 Å². The summed E-state index contributed by atoms with van der Waals surface area (Å²) in [7, 11) is 0. The van der Waals surface area contributed by atoms with Crippen LogP contribution >= 0.6 is 0 Å². The maximum atomic E-state index is 10.8. The van der Waals surface area contributed by atoms with Crippen LogP contribution < -0.4 is 4.74 Å². The molecule has 2 N–H and O–H groups in total. The number of rotatable bonds is 6. The van der Waals surface area contributed by atoms with Crippen molar-refractivity contribution in [2.45, 2.75) is 0 Å². The lowest BCUT2D eigenvalue weighted by molar-refractivity contribution is -0.384. The van der Waals surface area contributed by atoms with Crippen LogP contribution in [0, 0.1) is 10.1 Å². The molecule has 9 heteroatoms. The molecule has 0 aliphatic heterocycles. The smallest absolute Gasteiger partial charge is 0.346 e. The van der Waals surface area contributed by atoms with Crippen molar-refractivity contribution >= 4 is 29.5 Å². The Kier molecular flexibility index (Phi) is 4.52. The number of benzene rings is 1. The molecule has 0 unspecified atom stereocenters. The van der Waals surface area contributed by atoms with Crippen LogP contribution in [-0.2, 0) is 9.59 Å². The summed E-state index contributed by atoms with van der Waals surface area (Å²) in [5, 5.41) is 27.6. The summed E-state index contributed by atoms with van der Waals surface area (Å²) >= 11 is 0. The van der Waals surface area contributed by atoms with Crippen LogP contribution in [0.15, 0.2) is 23.2 Å². The van der Waals surface area contributed by atoms with Crippen LogP contribution in [0.25, 0.3) is 0 Å². The first-order valence-electron chi connectivity index (χ1n) is 4.80. The minimum atomic E-state index is -1.35. The Hall–Kier alpha value is -2.97. The van der Waals surface area contributed by atoms with E-state index in [9.17, 15) is 19.7 Å². The molecule has 0 aliphatic carbocycles. The SMILES string of the molecule is O=C(O)C=Nc1ccc(OCC(=O)O)cc1[N+](=O)[O-]. The third-order valence-electron chi connectivity index (χ3n) is 1.82. The van der Waals surface area contributed by atoms with Gasteiger partial charge in [-0.15, -0.1) is 0 Å². The fourth-order valence-electron chi connectivity index (χ4n) is 1.12. The van der Waals surface area contributed by atoms with E-state index >= 15 is 0 Å². The van der Waals surface area contributed by atoms with Gasteiger partial charge in [-0.25, -0.2) is 14.6 Å². The van der Waals surface area contributed by atoms with E-state index in [1.165, 1.54) is 6.07 Å². The minimum Gasteiger partial charge on any atom is -0.482 e. The highest BCUT2D eigenvalue weighted by molar-refractivity contribution is 6.22. The molecule has 19 heavy (non-hydrogen) atoms. The number of aliphatic carboxylic acids is 2. The third-order valence-corrected chi connectivity index (χ3v) is 1.82. The van der Waals surface area contributed by atoms with Gasteiger partial charge in [0.1, 0.15) is 17.7 Å². The molecule has 1 aromatic rings. The predicted octanol–water partition coefficient (Wildman–Crippen LogP) is 0.845. The standard InChI is InChI=1S/C10H8N2O7/c13-9(14)4-11-7-2-1-6(19-5-10(15)16)3-8(7)12(17)18/h1-4H,5H2,(H,13,14)(H,15,16). The van der Waals surface area contributed by atoms with E-state index < -0.39 is 29.2 Å². The number of hydrogen-bond acceptors (Lipinski definition) is 6. The van der Waals surface area contributed by atoms with Gasteiger partial charge in [-0.3, -0.25) is 10.1 Å². The number of hydrogen-bond donors (Lipinski definition) is 2. The highest BCUT2D eigenvalue weighted by Gasteiger charge is 2.15. The highest BCUT2D eigenvalue weighted by atomic mass is 16.6. The lowest BCUT2D eigenvalue weighted by Crippen LogP contribution is -2.09. The number of carbonyl (C=O) groups is 2. The molecule has 0 saturated carbocycles.